The van der Waals surface area contributed by atoms with Gasteiger partial charge in [-0.15, -0.1) is 5.10 Å². The van der Waals surface area contributed by atoms with Crippen LogP contribution in [0.5, 0.6) is 0 Å². The van der Waals surface area contributed by atoms with Crippen molar-refractivity contribution in [3.8, 4) is 11.3 Å². The van der Waals surface area contributed by atoms with Crippen molar-refractivity contribution >= 4 is 23.3 Å². The van der Waals surface area contributed by atoms with Crippen molar-refractivity contribution in [3.63, 3.8) is 0 Å². The minimum Gasteiger partial charge on any atom is -0.376 e. The Morgan fingerprint density at radius 1 is 1.42 bits per heavy atom. The second kappa shape index (κ2) is 8.21. The lowest BCUT2D eigenvalue weighted by molar-refractivity contribution is 0.0115. The molecule has 1 aromatic carbocycles. The largest absolute Gasteiger partial charge is 0.376 e. The Balaban J connectivity index is 1.56. The summed E-state index contributed by atoms with van der Waals surface area (Å²) in [6.07, 6.45) is 3.17. The zero-order valence-electron chi connectivity index (χ0n) is 13.8. The average molecular weight is 346 g/mol. The summed E-state index contributed by atoms with van der Waals surface area (Å²) in [7, 11) is 0. The summed E-state index contributed by atoms with van der Waals surface area (Å²) in [6.45, 7) is 4.29. The zero-order chi connectivity index (χ0) is 16.8. The number of hydrogen-bond donors (Lipinski definition) is 1. The molecule has 1 aliphatic heterocycles. The van der Waals surface area contributed by atoms with E-state index in [1.165, 1.54) is 11.5 Å². The number of carbonyl (C=O) groups excluding carboxylic acids is 1. The molecular weight excluding hydrogens is 324 g/mol. The topological polar surface area (TPSA) is 67.3 Å². The lowest BCUT2D eigenvalue weighted by Crippen LogP contribution is -2.45. The average Bonchev–Trinajstić information content (AvgIpc) is 3.15. The first kappa shape index (κ1) is 16.9. The summed E-state index contributed by atoms with van der Waals surface area (Å²) in [4.78, 5) is 14.3. The van der Waals surface area contributed by atoms with Gasteiger partial charge >= 0.3 is 6.03 Å². The highest BCUT2D eigenvalue weighted by atomic mass is 32.1. The van der Waals surface area contributed by atoms with Crippen molar-refractivity contribution in [2.45, 2.75) is 32.3 Å². The Hall–Kier alpha value is -1.99. The monoisotopic (exact) mass is 346 g/mol. The first-order valence-electron chi connectivity index (χ1n) is 8.31. The molecule has 1 atom stereocenters. The third-order valence-electron chi connectivity index (χ3n) is 4.02. The van der Waals surface area contributed by atoms with E-state index in [0.717, 1.165) is 49.4 Å². The number of benzene rings is 1. The molecule has 24 heavy (non-hydrogen) atoms. The summed E-state index contributed by atoms with van der Waals surface area (Å²) in [5.41, 5.74) is 2.63. The standard InChI is InChI=1S/C17H22N4O2S/c1-2-10-23-15-4-3-9-21(11-15)17(22)18-14-7-5-13(6-8-14)16-12-24-20-19-16/h5-8,12,15H,2-4,9-11H2,1H3,(H,18,22)/t15-/m0/s1. The van der Waals surface area contributed by atoms with Crippen molar-refractivity contribution in [2.24, 2.45) is 0 Å². The lowest BCUT2D eigenvalue weighted by Gasteiger charge is -2.32. The van der Waals surface area contributed by atoms with Crippen LogP contribution in [0.2, 0.25) is 0 Å². The number of amides is 2. The molecule has 0 bridgehead atoms. The maximum absolute atomic E-state index is 12.4. The number of ether oxygens (including phenoxy) is 1. The SMILES string of the molecule is CCCO[C@H]1CCCN(C(=O)Nc2ccc(-c3csnn3)cc2)C1. The second-order valence-corrected chi connectivity index (χ2v) is 6.49. The number of rotatable bonds is 5. The number of hydrogen-bond acceptors (Lipinski definition) is 5. The maximum atomic E-state index is 12.4. The van der Waals surface area contributed by atoms with E-state index >= 15 is 0 Å². The molecule has 1 saturated heterocycles. The van der Waals surface area contributed by atoms with E-state index in [4.69, 9.17) is 4.74 Å². The number of nitrogens with zero attached hydrogens (tertiary/aromatic N) is 3. The van der Waals surface area contributed by atoms with Gasteiger partial charge in [0.05, 0.1) is 6.10 Å². The zero-order valence-corrected chi connectivity index (χ0v) is 14.6. The lowest BCUT2D eigenvalue weighted by atomic mass is 10.1. The van der Waals surface area contributed by atoms with Crippen molar-refractivity contribution in [1.29, 1.82) is 0 Å². The van der Waals surface area contributed by atoms with Crippen LogP contribution >= 0.6 is 11.5 Å². The smallest absolute Gasteiger partial charge is 0.321 e. The highest BCUT2D eigenvalue weighted by Gasteiger charge is 2.24. The van der Waals surface area contributed by atoms with Crippen molar-refractivity contribution in [1.82, 2.24) is 14.5 Å². The molecule has 6 nitrogen and oxygen atoms in total. The number of urea groups is 1. The van der Waals surface area contributed by atoms with Gasteiger partial charge in [-0.2, -0.15) is 0 Å². The van der Waals surface area contributed by atoms with Gasteiger partial charge in [0.15, 0.2) is 0 Å². The molecule has 0 spiro atoms. The molecule has 0 radical (unpaired) electrons. The van der Waals surface area contributed by atoms with E-state index < -0.39 is 0 Å². The highest BCUT2D eigenvalue weighted by molar-refractivity contribution is 7.03. The van der Waals surface area contributed by atoms with E-state index in [1.54, 1.807) is 0 Å². The Morgan fingerprint density at radius 3 is 2.96 bits per heavy atom. The molecule has 2 heterocycles. The van der Waals surface area contributed by atoms with Crippen LogP contribution in [0.25, 0.3) is 11.3 Å². The van der Waals surface area contributed by atoms with Crippen LogP contribution in [0, 0.1) is 0 Å². The minimum atomic E-state index is -0.0668. The molecule has 0 saturated carbocycles. The van der Waals surface area contributed by atoms with E-state index in [0.29, 0.717) is 6.54 Å². The van der Waals surface area contributed by atoms with Crippen LogP contribution in [0.3, 0.4) is 0 Å². The first-order valence-corrected chi connectivity index (χ1v) is 9.15. The maximum Gasteiger partial charge on any atom is 0.321 e. The molecule has 2 amide bonds. The molecule has 7 heteroatoms. The molecule has 1 N–H and O–H groups in total. The summed E-state index contributed by atoms with van der Waals surface area (Å²) < 4.78 is 9.65. The van der Waals surface area contributed by atoms with Gasteiger partial charge in [0, 0.05) is 36.3 Å². The molecule has 1 aromatic heterocycles. The molecule has 1 aliphatic rings. The number of anilines is 1. The van der Waals surface area contributed by atoms with Crippen LogP contribution in [0.4, 0.5) is 10.5 Å². The first-order chi connectivity index (χ1) is 11.8. The van der Waals surface area contributed by atoms with Gasteiger partial charge in [-0.25, -0.2) is 4.79 Å². The fraction of sp³-hybridized carbons (Fsp3) is 0.471. The van der Waals surface area contributed by atoms with Crippen LogP contribution in [0.15, 0.2) is 29.6 Å². The number of carbonyl (C=O) groups is 1. The predicted molar refractivity (Wildman–Crippen MR) is 95.2 cm³/mol. The molecule has 3 rings (SSSR count). The molecule has 0 unspecified atom stereocenters. The molecule has 1 fully saturated rings. The predicted octanol–water partition coefficient (Wildman–Crippen LogP) is 3.63. The van der Waals surface area contributed by atoms with Crippen LogP contribution in [-0.4, -0.2) is 46.3 Å². The van der Waals surface area contributed by atoms with Gasteiger partial charge in [0.2, 0.25) is 0 Å². The van der Waals surface area contributed by atoms with Gasteiger partial charge in [-0.05, 0) is 42.9 Å². The van der Waals surface area contributed by atoms with Gasteiger partial charge in [0.25, 0.3) is 0 Å². The fourth-order valence-corrected chi connectivity index (χ4v) is 3.23. The fourth-order valence-electron chi connectivity index (χ4n) is 2.76. The van der Waals surface area contributed by atoms with E-state index in [1.807, 2.05) is 34.5 Å². The number of aromatic nitrogens is 2. The Labute approximate surface area is 146 Å². The molecule has 0 aliphatic carbocycles. The summed E-state index contributed by atoms with van der Waals surface area (Å²) in [5.74, 6) is 0. The van der Waals surface area contributed by atoms with Gasteiger partial charge in [-0.1, -0.05) is 23.5 Å². The van der Waals surface area contributed by atoms with Crippen molar-refractivity contribution < 1.29 is 9.53 Å². The van der Waals surface area contributed by atoms with Crippen LogP contribution in [0.1, 0.15) is 26.2 Å². The van der Waals surface area contributed by atoms with Crippen LogP contribution < -0.4 is 5.32 Å². The molecular formula is C17H22N4O2S. The minimum absolute atomic E-state index is 0.0668. The normalized spacial score (nSPS) is 17.7. The van der Waals surface area contributed by atoms with Gasteiger partial charge in [0.1, 0.15) is 5.69 Å². The number of likely N-dealkylation sites (tertiary alicyclic amines) is 1. The second-order valence-electron chi connectivity index (χ2n) is 5.88. The highest BCUT2D eigenvalue weighted by Crippen LogP contribution is 2.21. The van der Waals surface area contributed by atoms with Crippen molar-refractivity contribution in [3.05, 3.63) is 29.6 Å². The van der Waals surface area contributed by atoms with Crippen LogP contribution in [-0.2, 0) is 4.74 Å². The molecule has 2 aromatic rings. The van der Waals surface area contributed by atoms with E-state index in [9.17, 15) is 4.79 Å². The summed E-state index contributed by atoms with van der Waals surface area (Å²) in [6, 6.07) is 7.59. The summed E-state index contributed by atoms with van der Waals surface area (Å²) >= 11 is 1.32. The van der Waals surface area contributed by atoms with Gasteiger partial charge in [-0.3, -0.25) is 0 Å². The third-order valence-corrected chi connectivity index (χ3v) is 4.52. The third kappa shape index (κ3) is 4.30. The molecule has 128 valence electrons. The number of piperidine rings is 1. The summed E-state index contributed by atoms with van der Waals surface area (Å²) in [5, 5.41) is 8.90. The van der Waals surface area contributed by atoms with Crippen molar-refractivity contribution in [2.75, 3.05) is 25.0 Å². The van der Waals surface area contributed by atoms with E-state index in [-0.39, 0.29) is 12.1 Å². The Bertz CT molecular complexity index is 645. The quantitative estimate of drug-likeness (QED) is 0.898. The van der Waals surface area contributed by atoms with Gasteiger partial charge < -0.3 is 15.0 Å². The number of nitrogens with one attached hydrogen (secondary N) is 1. The van der Waals surface area contributed by atoms with E-state index in [2.05, 4.69) is 21.8 Å². The Kier molecular flexibility index (Phi) is 5.77. The Morgan fingerprint density at radius 2 is 2.25 bits per heavy atom.